The number of hydrogen-bond donors (Lipinski definition) is 1. The van der Waals surface area contributed by atoms with Gasteiger partial charge < -0.3 is 14.6 Å². The lowest BCUT2D eigenvalue weighted by atomic mass is 9.90. The Morgan fingerprint density at radius 2 is 1.89 bits per heavy atom. The molecule has 2 aliphatic rings. The molecule has 1 unspecified atom stereocenters. The van der Waals surface area contributed by atoms with Gasteiger partial charge in [-0.2, -0.15) is 5.26 Å². The van der Waals surface area contributed by atoms with Crippen molar-refractivity contribution in [2.24, 2.45) is 11.3 Å². The molecular formula is C31H30FNO4. The Balaban J connectivity index is 1.39. The third-order valence-electron chi connectivity index (χ3n) is 7.53. The van der Waals surface area contributed by atoms with Crippen LogP contribution < -0.4 is 9.47 Å². The summed E-state index contributed by atoms with van der Waals surface area (Å²) in [6, 6.07) is 20.7. The second-order valence-corrected chi connectivity index (χ2v) is 10.3. The number of aliphatic carboxylic acids is 1. The van der Waals surface area contributed by atoms with Gasteiger partial charge in [-0.3, -0.25) is 4.79 Å². The van der Waals surface area contributed by atoms with Gasteiger partial charge in [-0.1, -0.05) is 30.3 Å². The number of methoxy groups -OCH3 is 1. The third-order valence-corrected chi connectivity index (χ3v) is 7.53. The van der Waals surface area contributed by atoms with Gasteiger partial charge in [-0.05, 0) is 96.5 Å². The molecule has 2 aliphatic carbocycles. The largest absolute Gasteiger partial charge is 0.497 e. The summed E-state index contributed by atoms with van der Waals surface area (Å²) < 4.78 is 26.3. The van der Waals surface area contributed by atoms with Gasteiger partial charge >= 0.3 is 5.97 Å². The van der Waals surface area contributed by atoms with Crippen LogP contribution in [0.3, 0.4) is 0 Å². The molecule has 0 amide bonds. The van der Waals surface area contributed by atoms with Crippen LogP contribution in [0.1, 0.15) is 54.7 Å². The molecule has 3 aromatic rings. The lowest BCUT2D eigenvalue weighted by Crippen LogP contribution is -2.09. The highest BCUT2D eigenvalue weighted by Crippen LogP contribution is 2.49. The maximum Gasteiger partial charge on any atom is 0.303 e. The van der Waals surface area contributed by atoms with Crippen molar-refractivity contribution in [2.45, 2.75) is 51.0 Å². The second-order valence-electron chi connectivity index (χ2n) is 10.3. The number of carboxylic acid groups (broad SMARTS) is 1. The quantitative estimate of drug-likeness (QED) is 0.311. The first kappa shape index (κ1) is 24.8. The van der Waals surface area contributed by atoms with Gasteiger partial charge in [-0.25, -0.2) is 4.39 Å². The number of hydrogen-bond acceptors (Lipinski definition) is 4. The normalized spacial score (nSPS) is 16.5. The Labute approximate surface area is 216 Å². The number of nitriles is 1. The van der Waals surface area contributed by atoms with Crippen LogP contribution in [0.2, 0.25) is 0 Å². The van der Waals surface area contributed by atoms with Crippen molar-refractivity contribution < 1.29 is 23.8 Å². The van der Waals surface area contributed by atoms with E-state index < -0.39 is 11.4 Å². The Hall–Kier alpha value is -3.85. The maximum absolute atomic E-state index is 14.8. The zero-order chi connectivity index (χ0) is 26.0. The third kappa shape index (κ3) is 5.77. The predicted octanol–water partition coefficient (Wildman–Crippen LogP) is 6.89. The van der Waals surface area contributed by atoms with E-state index in [4.69, 9.17) is 9.47 Å². The fourth-order valence-corrected chi connectivity index (χ4v) is 5.07. The first-order valence-electron chi connectivity index (χ1n) is 12.7. The monoisotopic (exact) mass is 499 g/mol. The minimum atomic E-state index is -0.774. The number of benzene rings is 3. The lowest BCUT2D eigenvalue weighted by Gasteiger charge is -2.17. The van der Waals surface area contributed by atoms with Crippen LogP contribution in [0.5, 0.6) is 11.5 Å². The first-order chi connectivity index (χ1) is 17.9. The van der Waals surface area contributed by atoms with Crippen molar-refractivity contribution >= 4 is 5.97 Å². The zero-order valence-corrected chi connectivity index (χ0v) is 20.9. The summed E-state index contributed by atoms with van der Waals surface area (Å²) in [5.41, 5.74) is 3.64. The molecule has 0 bridgehead atoms. The van der Waals surface area contributed by atoms with Crippen molar-refractivity contribution in [1.82, 2.24) is 0 Å². The molecule has 3 aromatic carbocycles. The highest BCUT2D eigenvalue weighted by Gasteiger charge is 2.43. The van der Waals surface area contributed by atoms with Gasteiger partial charge in [0.25, 0.3) is 0 Å². The van der Waals surface area contributed by atoms with E-state index in [2.05, 4.69) is 6.07 Å². The number of nitrogens with zero attached hydrogens (tertiary/aromatic N) is 1. The van der Waals surface area contributed by atoms with E-state index in [0.29, 0.717) is 36.0 Å². The molecule has 1 atom stereocenters. The molecular weight excluding hydrogens is 469 g/mol. The van der Waals surface area contributed by atoms with Crippen molar-refractivity contribution in [3.05, 3.63) is 83.2 Å². The molecule has 2 saturated carbocycles. The van der Waals surface area contributed by atoms with E-state index in [1.54, 1.807) is 19.2 Å². The van der Waals surface area contributed by atoms with Crippen LogP contribution in [-0.4, -0.2) is 18.2 Å². The second kappa shape index (κ2) is 10.3. The fourth-order valence-electron chi connectivity index (χ4n) is 5.07. The van der Waals surface area contributed by atoms with Crippen LogP contribution in [0.4, 0.5) is 4.39 Å². The summed E-state index contributed by atoms with van der Waals surface area (Å²) in [5, 5.41) is 19.0. The van der Waals surface area contributed by atoms with Gasteiger partial charge in [0.1, 0.15) is 23.9 Å². The molecule has 1 N–H and O–H groups in total. The van der Waals surface area contributed by atoms with Crippen molar-refractivity contribution in [3.8, 4) is 28.7 Å². The number of halogens is 1. The van der Waals surface area contributed by atoms with Gasteiger partial charge in [0, 0.05) is 5.56 Å². The summed E-state index contributed by atoms with van der Waals surface area (Å²) >= 11 is 0. The van der Waals surface area contributed by atoms with E-state index in [9.17, 15) is 19.6 Å². The van der Waals surface area contributed by atoms with Crippen LogP contribution in [0.15, 0.2) is 60.7 Å². The van der Waals surface area contributed by atoms with Gasteiger partial charge in [-0.15, -0.1) is 0 Å². The summed E-state index contributed by atoms with van der Waals surface area (Å²) in [7, 11) is 1.55. The van der Waals surface area contributed by atoms with Gasteiger partial charge in [0.05, 0.1) is 25.0 Å². The van der Waals surface area contributed by atoms with Crippen LogP contribution >= 0.6 is 0 Å². The molecule has 2 fully saturated rings. The molecule has 5 rings (SSSR count). The summed E-state index contributed by atoms with van der Waals surface area (Å²) in [4.78, 5) is 11.4. The van der Waals surface area contributed by atoms with Crippen LogP contribution in [0.25, 0.3) is 11.1 Å². The smallest absolute Gasteiger partial charge is 0.303 e. The highest BCUT2D eigenvalue weighted by atomic mass is 19.1. The molecule has 190 valence electrons. The van der Waals surface area contributed by atoms with Gasteiger partial charge in [0.2, 0.25) is 0 Å². The lowest BCUT2D eigenvalue weighted by molar-refractivity contribution is -0.137. The summed E-state index contributed by atoms with van der Waals surface area (Å²) in [6.07, 6.45) is 4.49. The Kier molecular flexibility index (Phi) is 6.88. The first-order valence-corrected chi connectivity index (χ1v) is 12.7. The highest BCUT2D eigenvalue weighted by molar-refractivity contribution is 5.71. The Morgan fingerprint density at radius 3 is 2.57 bits per heavy atom. The summed E-state index contributed by atoms with van der Waals surface area (Å²) in [6.45, 7) is 0.327. The number of carbonyl (C=O) groups is 1. The minimum absolute atomic E-state index is 0.0295. The molecule has 0 saturated heterocycles. The van der Waals surface area contributed by atoms with Gasteiger partial charge in [0.15, 0.2) is 0 Å². The van der Waals surface area contributed by atoms with E-state index >= 15 is 0 Å². The molecule has 0 spiro atoms. The molecule has 0 heterocycles. The van der Waals surface area contributed by atoms with Crippen molar-refractivity contribution in [2.75, 3.05) is 7.11 Å². The summed E-state index contributed by atoms with van der Waals surface area (Å²) in [5.74, 6) is 0.559. The van der Waals surface area contributed by atoms with E-state index in [1.165, 1.54) is 6.07 Å². The Bertz CT molecular complexity index is 1350. The zero-order valence-electron chi connectivity index (χ0n) is 20.9. The number of carboxylic acids is 1. The topological polar surface area (TPSA) is 79.6 Å². The molecule has 0 aromatic heterocycles. The standard InChI is InChI=1S/C31H30FNO4/c1-36-24-8-10-29(32)28(15-24)26-9-7-25(14-23(26)17-31(19-33)11-12-31)37-18-20-3-2-4-22(13-20)27(16-30(34)35)21-5-6-21/h2-4,7-10,13-15,21,27H,5-6,11-12,16-18H2,1H3,(H,34,35). The van der Waals surface area contributed by atoms with Crippen molar-refractivity contribution in [1.29, 1.82) is 5.26 Å². The predicted molar refractivity (Wildman–Crippen MR) is 138 cm³/mol. The SMILES string of the molecule is COc1ccc(F)c(-c2ccc(OCc3cccc(C(CC(=O)O)C4CC4)c3)cc2CC2(C#N)CC2)c1. The molecule has 0 aliphatic heterocycles. The average molecular weight is 500 g/mol. The van der Waals surface area contributed by atoms with Crippen LogP contribution in [-0.2, 0) is 17.8 Å². The molecule has 0 radical (unpaired) electrons. The number of rotatable bonds is 11. The molecule has 5 nitrogen and oxygen atoms in total. The number of ether oxygens (including phenoxy) is 2. The average Bonchev–Trinajstić information content (AvgIpc) is 3.83. The van der Waals surface area contributed by atoms with Crippen molar-refractivity contribution in [3.63, 3.8) is 0 Å². The fraction of sp³-hybridized carbons (Fsp3) is 0.355. The minimum Gasteiger partial charge on any atom is -0.497 e. The molecule has 6 heteroatoms. The maximum atomic E-state index is 14.8. The molecule has 37 heavy (non-hydrogen) atoms. The Morgan fingerprint density at radius 1 is 1.11 bits per heavy atom. The van der Waals surface area contributed by atoms with Crippen LogP contribution in [0, 0.1) is 28.5 Å². The van der Waals surface area contributed by atoms with E-state index in [-0.39, 0.29) is 18.2 Å². The van der Waals surface area contributed by atoms with E-state index in [0.717, 1.165) is 47.9 Å². The van der Waals surface area contributed by atoms with E-state index in [1.807, 2.05) is 42.5 Å².